The van der Waals surface area contributed by atoms with Gasteiger partial charge < -0.3 is 4.98 Å². The summed E-state index contributed by atoms with van der Waals surface area (Å²) in [5, 5.41) is 0. The Morgan fingerprint density at radius 3 is 2.92 bits per heavy atom. The number of benzene rings is 1. The fraction of sp³-hybridized carbons (Fsp3) is 0.100. The number of hydrogen-bond donors (Lipinski definition) is 1. The number of aromatic nitrogens is 1. The standard InChI is InChI=1S/C10H9NO/c1-7-4-5-11-10-6-8(12)2-3-9(7)10/h2-6,11H,1H3. The lowest BCUT2D eigenvalue weighted by Crippen LogP contribution is -2.00. The molecule has 12 heavy (non-hydrogen) atoms. The van der Waals surface area contributed by atoms with Gasteiger partial charge >= 0.3 is 0 Å². The maximum atomic E-state index is 11.0. The van der Waals surface area contributed by atoms with Crippen LogP contribution in [0.1, 0.15) is 5.56 Å². The largest absolute Gasteiger partial charge is 0.361 e. The molecule has 0 aromatic rings. The van der Waals surface area contributed by atoms with E-state index >= 15 is 0 Å². The first-order valence-corrected chi connectivity index (χ1v) is 3.85. The molecule has 0 aromatic heterocycles. The van der Waals surface area contributed by atoms with Crippen LogP contribution in [0.5, 0.6) is 0 Å². The van der Waals surface area contributed by atoms with Crippen LogP contribution in [0.25, 0.3) is 11.3 Å². The first kappa shape index (κ1) is 7.10. The first-order valence-electron chi connectivity index (χ1n) is 3.85. The van der Waals surface area contributed by atoms with Gasteiger partial charge in [-0.25, -0.2) is 0 Å². The van der Waals surface area contributed by atoms with Crippen molar-refractivity contribution in [2.24, 2.45) is 0 Å². The van der Waals surface area contributed by atoms with Crippen LogP contribution >= 0.6 is 0 Å². The molecule has 0 bridgehead atoms. The molecule has 0 saturated carbocycles. The summed E-state index contributed by atoms with van der Waals surface area (Å²) in [6, 6.07) is 7.04. The number of rotatable bonds is 0. The number of aromatic amines is 1. The second-order valence-electron chi connectivity index (χ2n) is 2.87. The Labute approximate surface area is 70.2 Å². The van der Waals surface area contributed by atoms with E-state index in [1.165, 1.54) is 5.56 Å². The van der Waals surface area contributed by atoms with Crippen LogP contribution in [-0.4, -0.2) is 4.98 Å². The zero-order valence-corrected chi connectivity index (χ0v) is 6.79. The Morgan fingerprint density at radius 1 is 1.25 bits per heavy atom. The summed E-state index contributed by atoms with van der Waals surface area (Å²) in [4.78, 5) is 14.0. The number of H-pyrrole nitrogens is 1. The van der Waals surface area contributed by atoms with Crippen molar-refractivity contribution in [3.05, 3.63) is 46.2 Å². The maximum absolute atomic E-state index is 11.0. The highest BCUT2D eigenvalue weighted by Crippen LogP contribution is 2.19. The third-order valence-electron chi connectivity index (χ3n) is 1.99. The zero-order valence-electron chi connectivity index (χ0n) is 6.79. The molecule has 1 heterocycles. The Hall–Kier alpha value is -1.57. The number of hydrogen-bond acceptors (Lipinski definition) is 1. The summed E-state index contributed by atoms with van der Waals surface area (Å²) in [5.41, 5.74) is 3.24. The second kappa shape index (κ2) is 2.48. The summed E-state index contributed by atoms with van der Waals surface area (Å²) in [5.74, 6) is 0. The molecule has 1 aliphatic heterocycles. The fourth-order valence-electron chi connectivity index (χ4n) is 1.33. The minimum absolute atomic E-state index is 0.0457. The molecule has 2 aliphatic rings. The van der Waals surface area contributed by atoms with Gasteiger partial charge in [0.15, 0.2) is 5.43 Å². The zero-order chi connectivity index (χ0) is 8.55. The van der Waals surface area contributed by atoms with Crippen molar-refractivity contribution in [1.29, 1.82) is 0 Å². The minimum Gasteiger partial charge on any atom is -0.361 e. The van der Waals surface area contributed by atoms with E-state index in [0.717, 1.165) is 11.3 Å². The summed E-state index contributed by atoms with van der Waals surface area (Å²) >= 11 is 0. The molecule has 2 heteroatoms. The van der Waals surface area contributed by atoms with Gasteiger partial charge in [-0.05, 0) is 30.7 Å². The number of aryl methyl sites for hydroxylation is 1. The Morgan fingerprint density at radius 2 is 2.08 bits per heavy atom. The minimum atomic E-state index is 0.0457. The number of fused-ring (bicyclic) bond motifs is 1. The van der Waals surface area contributed by atoms with Crippen molar-refractivity contribution in [1.82, 2.24) is 4.98 Å². The monoisotopic (exact) mass is 159 g/mol. The molecule has 1 aliphatic carbocycles. The molecule has 2 rings (SSSR count). The van der Waals surface area contributed by atoms with Crippen molar-refractivity contribution < 1.29 is 0 Å². The lowest BCUT2D eigenvalue weighted by Gasteiger charge is -2.06. The van der Waals surface area contributed by atoms with E-state index in [2.05, 4.69) is 4.98 Å². The Bertz CT molecular complexity index is 430. The van der Waals surface area contributed by atoms with Crippen molar-refractivity contribution >= 4 is 0 Å². The third kappa shape index (κ3) is 1.01. The van der Waals surface area contributed by atoms with Gasteiger partial charge in [0.05, 0.1) is 0 Å². The second-order valence-corrected chi connectivity index (χ2v) is 2.87. The number of pyridine rings is 1. The Balaban J connectivity index is 2.86. The highest BCUT2D eigenvalue weighted by molar-refractivity contribution is 5.63. The van der Waals surface area contributed by atoms with Gasteiger partial charge in [-0.1, -0.05) is 0 Å². The van der Waals surface area contributed by atoms with Gasteiger partial charge in [0, 0.05) is 23.5 Å². The molecule has 0 aromatic carbocycles. The van der Waals surface area contributed by atoms with Crippen LogP contribution in [0.4, 0.5) is 0 Å². The topological polar surface area (TPSA) is 32.9 Å². The van der Waals surface area contributed by atoms with Gasteiger partial charge in [-0.15, -0.1) is 0 Å². The highest BCUT2D eigenvalue weighted by atomic mass is 16.1. The Kier molecular flexibility index (Phi) is 1.47. The summed E-state index contributed by atoms with van der Waals surface area (Å²) in [6.45, 7) is 2.03. The van der Waals surface area contributed by atoms with Crippen molar-refractivity contribution in [2.45, 2.75) is 6.92 Å². The molecule has 0 unspecified atom stereocenters. The molecule has 0 atom stereocenters. The van der Waals surface area contributed by atoms with Crippen molar-refractivity contribution in [3.8, 4) is 11.3 Å². The molecule has 0 spiro atoms. The molecule has 2 nitrogen and oxygen atoms in total. The van der Waals surface area contributed by atoms with Crippen LogP contribution in [0.2, 0.25) is 0 Å². The first-order chi connectivity index (χ1) is 5.77. The molecule has 1 N–H and O–H groups in total. The highest BCUT2D eigenvalue weighted by Gasteiger charge is 2.02. The maximum Gasteiger partial charge on any atom is 0.180 e. The molecule has 0 amide bonds. The molecular formula is C10H9NO. The summed E-state index contributed by atoms with van der Waals surface area (Å²) in [7, 11) is 0. The SMILES string of the molecule is Cc1cc[nH]c2cc(=O)ccc1-2. The van der Waals surface area contributed by atoms with Crippen LogP contribution in [0.15, 0.2) is 35.3 Å². The average Bonchev–Trinajstić information content (AvgIpc) is 2.04. The van der Waals surface area contributed by atoms with Gasteiger partial charge in [0.25, 0.3) is 0 Å². The average molecular weight is 159 g/mol. The van der Waals surface area contributed by atoms with Crippen LogP contribution in [0.3, 0.4) is 0 Å². The smallest absolute Gasteiger partial charge is 0.180 e. The number of nitrogens with one attached hydrogen (secondary N) is 1. The van der Waals surface area contributed by atoms with E-state index < -0.39 is 0 Å². The van der Waals surface area contributed by atoms with E-state index in [9.17, 15) is 4.79 Å². The van der Waals surface area contributed by atoms with Crippen LogP contribution < -0.4 is 5.43 Å². The van der Waals surface area contributed by atoms with E-state index in [1.807, 2.05) is 25.3 Å². The fourth-order valence-corrected chi connectivity index (χ4v) is 1.33. The predicted octanol–water partition coefficient (Wildman–Crippen LogP) is 1.79. The van der Waals surface area contributed by atoms with E-state index in [0.29, 0.717) is 0 Å². The lowest BCUT2D eigenvalue weighted by molar-refractivity contribution is 1.27. The summed E-state index contributed by atoms with van der Waals surface area (Å²) in [6.07, 6.45) is 1.84. The molecule has 0 fully saturated rings. The van der Waals surface area contributed by atoms with E-state index in [1.54, 1.807) is 12.1 Å². The molecule has 0 saturated heterocycles. The lowest BCUT2D eigenvalue weighted by atomic mass is 10.0. The van der Waals surface area contributed by atoms with Gasteiger partial charge in [-0.3, -0.25) is 4.79 Å². The van der Waals surface area contributed by atoms with Crippen molar-refractivity contribution in [3.63, 3.8) is 0 Å². The van der Waals surface area contributed by atoms with Crippen LogP contribution in [-0.2, 0) is 0 Å². The quantitative estimate of drug-likeness (QED) is 0.624. The van der Waals surface area contributed by atoms with E-state index in [4.69, 9.17) is 0 Å². The normalized spacial score (nSPS) is 10.4. The van der Waals surface area contributed by atoms with Gasteiger partial charge in [0.2, 0.25) is 0 Å². The van der Waals surface area contributed by atoms with Gasteiger partial charge in [-0.2, -0.15) is 0 Å². The molecule has 60 valence electrons. The summed E-state index contributed by atoms with van der Waals surface area (Å²) < 4.78 is 0. The third-order valence-corrected chi connectivity index (χ3v) is 1.99. The van der Waals surface area contributed by atoms with E-state index in [-0.39, 0.29) is 5.43 Å². The molecule has 0 radical (unpaired) electrons. The van der Waals surface area contributed by atoms with Crippen LogP contribution in [0, 0.1) is 6.92 Å². The van der Waals surface area contributed by atoms with Gasteiger partial charge in [0.1, 0.15) is 0 Å². The predicted molar refractivity (Wildman–Crippen MR) is 48.4 cm³/mol. The van der Waals surface area contributed by atoms with Crippen molar-refractivity contribution in [2.75, 3.05) is 0 Å². The molecular weight excluding hydrogens is 150 g/mol.